The predicted octanol–water partition coefficient (Wildman–Crippen LogP) is 1.36. The number of carbonyl (C=O) groups excluding carboxylic acids is 2. The SMILES string of the molecule is C=CCOC(=O)C(=O)N(CC)C(C)(C)C. The molecule has 0 aliphatic carbocycles. The van der Waals surface area contributed by atoms with E-state index in [9.17, 15) is 9.59 Å². The first-order chi connectivity index (χ1) is 6.84. The Hall–Kier alpha value is -1.32. The van der Waals surface area contributed by atoms with Gasteiger partial charge in [-0.3, -0.25) is 4.79 Å². The summed E-state index contributed by atoms with van der Waals surface area (Å²) in [6.45, 7) is 11.4. The highest BCUT2D eigenvalue weighted by Gasteiger charge is 2.30. The van der Waals surface area contributed by atoms with E-state index in [1.807, 2.05) is 27.7 Å². The molecule has 4 nitrogen and oxygen atoms in total. The van der Waals surface area contributed by atoms with E-state index in [1.165, 1.54) is 11.0 Å². The molecule has 0 saturated carbocycles. The number of likely N-dealkylation sites (N-methyl/N-ethyl adjacent to an activating group) is 1. The third-order valence-corrected chi connectivity index (χ3v) is 1.88. The van der Waals surface area contributed by atoms with Crippen LogP contribution in [-0.2, 0) is 14.3 Å². The predicted molar refractivity (Wildman–Crippen MR) is 58.3 cm³/mol. The molecule has 86 valence electrons. The van der Waals surface area contributed by atoms with Crippen LogP contribution in [0.3, 0.4) is 0 Å². The second-order valence-corrected chi connectivity index (χ2v) is 4.11. The number of nitrogens with zero attached hydrogens (tertiary/aromatic N) is 1. The van der Waals surface area contributed by atoms with Crippen molar-refractivity contribution in [3.8, 4) is 0 Å². The highest BCUT2D eigenvalue weighted by Crippen LogP contribution is 2.13. The zero-order valence-corrected chi connectivity index (χ0v) is 9.87. The second kappa shape index (κ2) is 5.53. The first-order valence-electron chi connectivity index (χ1n) is 4.94. The van der Waals surface area contributed by atoms with Gasteiger partial charge >= 0.3 is 11.9 Å². The average molecular weight is 213 g/mol. The number of rotatable bonds is 3. The second-order valence-electron chi connectivity index (χ2n) is 4.11. The molecular formula is C11H19NO3. The summed E-state index contributed by atoms with van der Waals surface area (Å²) >= 11 is 0. The number of esters is 1. The van der Waals surface area contributed by atoms with Crippen LogP contribution in [0.4, 0.5) is 0 Å². The van der Waals surface area contributed by atoms with Crippen molar-refractivity contribution in [2.45, 2.75) is 33.2 Å². The maximum absolute atomic E-state index is 11.6. The fourth-order valence-corrected chi connectivity index (χ4v) is 1.23. The van der Waals surface area contributed by atoms with Gasteiger partial charge in [-0.25, -0.2) is 4.79 Å². The summed E-state index contributed by atoms with van der Waals surface area (Å²) in [6.07, 6.45) is 1.43. The Labute approximate surface area is 90.9 Å². The summed E-state index contributed by atoms with van der Waals surface area (Å²) in [7, 11) is 0. The number of hydrogen-bond acceptors (Lipinski definition) is 3. The van der Waals surface area contributed by atoms with Gasteiger partial charge in [-0.15, -0.1) is 0 Å². The molecule has 0 aromatic rings. The summed E-state index contributed by atoms with van der Waals surface area (Å²) in [5.74, 6) is -1.43. The molecule has 0 aliphatic rings. The number of amides is 1. The maximum atomic E-state index is 11.6. The molecule has 0 aliphatic heterocycles. The van der Waals surface area contributed by atoms with Crippen LogP contribution >= 0.6 is 0 Å². The molecule has 0 fully saturated rings. The molecule has 0 N–H and O–H groups in total. The molecule has 0 unspecified atom stereocenters. The van der Waals surface area contributed by atoms with Crippen LogP contribution in [0.5, 0.6) is 0 Å². The third-order valence-electron chi connectivity index (χ3n) is 1.88. The largest absolute Gasteiger partial charge is 0.454 e. The lowest BCUT2D eigenvalue weighted by Gasteiger charge is -2.33. The van der Waals surface area contributed by atoms with E-state index in [0.717, 1.165) is 0 Å². The van der Waals surface area contributed by atoms with Gasteiger partial charge in [0.1, 0.15) is 6.61 Å². The van der Waals surface area contributed by atoms with Gasteiger partial charge in [0, 0.05) is 12.1 Å². The van der Waals surface area contributed by atoms with E-state index in [-0.39, 0.29) is 12.1 Å². The molecule has 0 spiro atoms. The highest BCUT2D eigenvalue weighted by molar-refractivity contribution is 6.32. The van der Waals surface area contributed by atoms with Gasteiger partial charge in [0.15, 0.2) is 0 Å². The van der Waals surface area contributed by atoms with Crippen LogP contribution in [0.2, 0.25) is 0 Å². The monoisotopic (exact) mass is 213 g/mol. The van der Waals surface area contributed by atoms with Gasteiger partial charge in [0.25, 0.3) is 0 Å². The molecule has 4 heteroatoms. The number of ether oxygens (including phenoxy) is 1. The average Bonchev–Trinajstić information content (AvgIpc) is 2.12. The van der Waals surface area contributed by atoms with Crippen LogP contribution in [0.25, 0.3) is 0 Å². The third kappa shape index (κ3) is 4.14. The van der Waals surface area contributed by atoms with E-state index in [1.54, 1.807) is 0 Å². The minimum Gasteiger partial charge on any atom is -0.454 e. The molecule has 0 bridgehead atoms. The lowest BCUT2D eigenvalue weighted by molar-refractivity contribution is -0.161. The molecule has 0 aromatic heterocycles. The first-order valence-corrected chi connectivity index (χ1v) is 4.94. The molecule has 1 amide bonds. The van der Waals surface area contributed by atoms with Gasteiger partial charge in [0.05, 0.1) is 0 Å². The van der Waals surface area contributed by atoms with Crippen molar-refractivity contribution in [3.63, 3.8) is 0 Å². The molecule has 0 heterocycles. The van der Waals surface area contributed by atoms with E-state index < -0.39 is 11.9 Å². The Bertz CT molecular complexity index is 253. The summed E-state index contributed by atoms with van der Waals surface area (Å²) in [4.78, 5) is 24.4. The fraction of sp³-hybridized carbons (Fsp3) is 0.636. The minimum absolute atomic E-state index is 0.0618. The van der Waals surface area contributed by atoms with Crippen molar-refractivity contribution >= 4 is 11.9 Å². The van der Waals surface area contributed by atoms with E-state index in [4.69, 9.17) is 0 Å². The van der Waals surface area contributed by atoms with E-state index in [2.05, 4.69) is 11.3 Å². The normalized spacial score (nSPS) is 10.7. The molecular weight excluding hydrogens is 194 g/mol. The van der Waals surface area contributed by atoms with Crippen LogP contribution in [0, 0.1) is 0 Å². The molecule has 0 atom stereocenters. The highest BCUT2D eigenvalue weighted by atomic mass is 16.5. The number of carbonyl (C=O) groups is 2. The summed E-state index contributed by atoms with van der Waals surface area (Å²) < 4.78 is 4.68. The summed E-state index contributed by atoms with van der Waals surface area (Å²) in [6, 6.07) is 0. The molecule has 15 heavy (non-hydrogen) atoms. The Kier molecular flexibility index (Phi) is 5.05. The van der Waals surface area contributed by atoms with Gasteiger partial charge in [-0.1, -0.05) is 12.7 Å². The quantitative estimate of drug-likeness (QED) is 0.404. The Morgan fingerprint density at radius 2 is 1.93 bits per heavy atom. The van der Waals surface area contributed by atoms with Crippen LogP contribution in [0.15, 0.2) is 12.7 Å². The van der Waals surface area contributed by atoms with Gasteiger partial charge < -0.3 is 9.64 Å². The lowest BCUT2D eigenvalue weighted by atomic mass is 10.1. The standard InChI is InChI=1S/C11H19NO3/c1-6-8-15-10(14)9(13)12(7-2)11(3,4)5/h6H,1,7-8H2,2-5H3. The Morgan fingerprint density at radius 1 is 1.40 bits per heavy atom. The number of hydrogen-bond donors (Lipinski definition) is 0. The van der Waals surface area contributed by atoms with Gasteiger partial charge in [-0.2, -0.15) is 0 Å². The fourth-order valence-electron chi connectivity index (χ4n) is 1.23. The van der Waals surface area contributed by atoms with E-state index in [0.29, 0.717) is 6.54 Å². The van der Waals surface area contributed by atoms with Crippen LogP contribution in [-0.4, -0.2) is 35.5 Å². The molecule has 0 rings (SSSR count). The first kappa shape index (κ1) is 13.7. The molecule has 0 aromatic carbocycles. The summed E-state index contributed by atoms with van der Waals surface area (Å²) in [5, 5.41) is 0. The summed E-state index contributed by atoms with van der Waals surface area (Å²) in [5.41, 5.74) is -0.376. The van der Waals surface area contributed by atoms with Crippen molar-refractivity contribution in [1.82, 2.24) is 4.90 Å². The van der Waals surface area contributed by atoms with Crippen molar-refractivity contribution in [2.75, 3.05) is 13.2 Å². The van der Waals surface area contributed by atoms with Gasteiger partial charge in [-0.05, 0) is 27.7 Å². The van der Waals surface area contributed by atoms with Crippen molar-refractivity contribution in [2.24, 2.45) is 0 Å². The molecule has 0 saturated heterocycles. The van der Waals surface area contributed by atoms with Crippen molar-refractivity contribution in [1.29, 1.82) is 0 Å². The van der Waals surface area contributed by atoms with Crippen molar-refractivity contribution < 1.29 is 14.3 Å². The minimum atomic E-state index is -0.827. The van der Waals surface area contributed by atoms with E-state index >= 15 is 0 Å². The lowest BCUT2D eigenvalue weighted by Crippen LogP contribution is -2.48. The zero-order chi connectivity index (χ0) is 12.1. The Morgan fingerprint density at radius 3 is 2.27 bits per heavy atom. The zero-order valence-electron chi connectivity index (χ0n) is 9.87. The van der Waals surface area contributed by atoms with Crippen LogP contribution in [0.1, 0.15) is 27.7 Å². The van der Waals surface area contributed by atoms with Crippen molar-refractivity contribution in [3.05, 3.63) is 12.7 Å². The molecule has 0 radical (unpaired) electrons. The maximum Gasteiger partial charge on any atom is 0.397 e. The topological polar surface area (TPSA) is 46.6 Å². The Balaban J connectivity index is 4.52. The van der Waals surface area contributed by atoms with Crippen LogP contribution < -0.4 is 0 Å². The smallest absolute Gasteiger partial charge is 0.397 e. The van der Waals surface area contributed by atoms with Gasteiger partial charge in [0.2, 0.25) is 0 Å².